The highest BCUT2D eigenvalue weighted by atomic mass is 19.4. The van der Waals surface area contributed by atoms with Crippen molar-refractivity contribution in [3.8, 4) is 0 Å². The highest BCUT2D eigenvalue weighted by Gasteiger charge is 2.29. The Kier molecular flexibility index (Phi) is 6.44. The van der Waals surface area contributed by atoms with Gasteiger partial charge in [0, 0.05) is 32.7 Å². The number of carbonyl (C=O) groups is 1. The van der Waals surface area contributed by atoms with Crippen LogP contribution in [0.25, 0.3) is 0 Å². The van der Waals surface area contributed by atoms with E-state index in [4.69, 9.17) is 5.73 Å². The molecule has 0 unspecified atom stereocenters. The number of guanidine groups is 1. The van der Waals surface area contributed by atoms with Crippen LogP contribution in [0.1, 0.15) is 27.0 Å². The number of amides is 1. The van der Waals surface area contributed by atoms with Crippen LogP contribution in [-0.2, 0) is 19.3 Å². The maximum absolute atomic E-state index is 12.6. The van der Waals surface area contributed by atoms with Gasteiger partial charge in [0.2, 0.25) is 5.91 Å². The first-order valence-electron chi connectivity index (χ1n) is 8.17. The summed E-state index contributed by atoms with van der Waals surface area (Å²) in [6.45, 7) is 0.876. The van der Waals surface area contributed by atoms with Crippen LogP contribution in [0.3, 0.4) is 0 Å². The second-order valence-electron chi connectivity index (χ2n) is 6.01. The summed E-state index contributed by atoms with van der Waals surface area (Å²) in [6, 6.07) is 11.9. The van der Waals surface area contributed by atoms with Gasteiger partial charge >= 0.3 is 6.18 Å². The van der Waals surface area contributed by atoms with Gasteiger partial charge in [-0.05, 0) is 35.4 Å². The predicted octanol–water partition coefficient (Wildman–Crippen LogP) is 3.01. The number of rotatable bonds is 5. The lowest BCUT2D eigenvalue weighted by Gasteiger charge is -2.22. The summed E-state index contributed by atoms with van der Waals surface area (Å²) in [5.74, 6) is 0.107. The number of halogens is 3. The Balaban J connectivity index is 1.95. The number of carbonyl (C=O) groups excluding carboxylic acids is 1. The molecule has 27 heavy (non-hydrogen) atoms. The zero-order valence-corrected chi connectivity index (χ0v) is 15.0. The summed E-state index contributed by atoms with van der Waals surface area (Å²) in [7, 11) is 3.42. The topological polar surface area (TPSA) is 70.7 Å². The molecular weight excluding hydrogens is 357 g/mol. The molecule has 2 aromatic carbocycles. The fourth-order valence-corrected chi connectivity index (χ4v) is 2.50. The van der Waals surface area contributed by atoms with E-state index in [1.807, 2.05) is 0 Å². The first-order chi connectivity index (χ1) is 12.7. The van der Waals surface area contributed by atoms with Crippen LogP contribution in [0.2, 0.25) is 0 Å². The molecule has 5 nitrogen and oxygen atoms in total. The Bertz CT molecular complexity index is 799. The number of alkyl halides is 3. The van der Waals surface area contributed by atoms with Gasteiger partial charge < -0.3 is 16.0 Å². The fraction of sp³-hybridized carbons (Fsp3) is 0.263. The third kappa shape index (κ3) is 5.73. The van der Waals surface area contributed by atoms with Crippen LogP contribution >= 0.6 is 0 Å². The molecule has 0 saturated heterocycles. The second-order valence-corrected chi connectivity index (χ2v) is 6.01. The minimum atomic E-state index is -4.34. The van der Waals surface area contributed by atoms with Crippen LogP contribution in [-0.4, -0.2) is 30.9 Å². The molecule has 0 fully saturated rings. The molecule has 0 aliphatic heterocycles. The molecule has 0 atom stereocenters. The molecule has 0 bridgehead atoms. The number of nitrogens with one attached hydrogen (secondary N) is 1. The average Bonchev–Trinajstić information content (AvgIpc) is 2.62. The van der Waals surface area contributed by atoms with Crippen molar-refractivity contribution < 1.29 is 18.0 Å². The number of benzene rings is 2. The molecule has 2 aromatic rings. The van der Waals surface area contributed by atoms with E-state index < -0.39 is 17.6 Å². The number of hydrogen-bond donors (Lipinski definition) is 2. The van der Waals surface area contributed by atoms with Crippen molar-refractivity contribution in [1.29, 1.82) is 0 Å². The number of aliphatic imine (C=N–C) groups is 1. The summed E-state index contributed by atoms with van der Waals surface area (Å²) in [5.41, 5.74) is 6.64. The van der Waals surface area contributed by atoms with Gasteiger partial charge in [0.05, 0.1) is 5.56 Å². The normalized spacial score (nSPS) is 12.0. The van der Waals surface area contributed by atoms with Crippen LogP contribution in [0.5, 0.6) is 0 Å². The lowest BCUT2D eigenvalue weighted by Crippen LogP contribution is -2.38. The van der Waals surface area contributed by atoms with Crippen molar-refractivity contribution in [2.45, 2.75) is 19.3 Å². The Labute approximate surface area is 155 Å². The number of nitrogens with two attached hydrogens (primary N) is 1. The van der Waals surface area contributed by atoms with Gasteiger partial charge in [-0.3, -0.25) is 9.79 Å². The average molecular weight is 378 g/mol. The van der Waals surface area contributed by atoms with Crippen LogP contribution in [0, 0.1) is 0 Å². The van der Waals surface area contributed by atoms with Gasteiger partial charge in [-0.1, -0.05) is 24.3 Å². The Hall–Kier alpha value is -3.03. The van der Waals surface area contributed by atoms with Gasteiger partial charge in [0.25, 0.3) is 0 Å². The maximum atomic E-state index is 12.6. The minimum Gasteiger partial charge on any atom is -0.366 e. The van der Waals surface area contributed by atoms with E-state index in [-0.39, 0.29) is 0 Å². The van der Waals surface area contributed by atoms with Crippen molar-refractivity contribution in [2.75, 3.05) is 14.1 Å². The third-order valence-corrected chi connectivity index (χ3v) is 3.96. The maximum Gasteiger partial charge on any atom is 0.416 e. The quantitative estimate of drug-likeness (QED) is 0.621. The first kappa shape index (κ1) is 20.3. The first-order valence-corrected chi connectivity index (χ1v) is 8.17. The minimum absolute atomic E-state index is 0.401. The van der Waals surface area contributed by atoms with E-state index in [1.165, 1.54) is 12.1 Å². The lowest BCUT2D eigenvalue weighted by atomic mass is 10.1. The van der Waals surface area contributed by atoms with E-state index in [0.29, 0.717) is 24.6 Å². The molecule has 1 amide bonds. The van der Waals surface area contributed by atoms with E-state index >= 15 is 0 Å². The summed E-state index contributed by atoms with van der Waals surface area (Å²) < 4.78 is 37.9. The summed E-state index contributed by atoms with van der Waals surface area (Å²) in [4.78, 5) is 17.1. The largest absolute Gasteiger partial charge is 0.416 e. The van der Waals surface area contributed by atoms with Crippen molar-refractivity contribution in [3.63, 3.8) is 0 Å². The van der Waals surface area contributed by atoms with Crippen molar-refractivity contribution in [3.05, 3.63) is 70.8 Å². The zero-order valence-electron chi connectivity index (χ0n) is 15.0. The zero-order chi connectivity index (χ0) is 20.0. The highest BCUT2D eigenvalue weighted by molar-refractivity contribution is 5.92. The van der Waals surface area contributed by atoms with Crippen LogP contribution in [0.4, 0.5) is 13.2 Å². The molecule has 0 spiro atoms. The van der Waals surface area contributed by atoms with Gasteiger partial charge in [-0.15, -0.1) is 0 Å². The van der Waals surface area contributed by atoms with Gasteiger partial charge in [-0.25, -0.2) is 0 Å². The number of hydrogen-bond acceptors (Lipinski definition) is 2. The smallest absolute Gasteiger partial charge is 0.366 e. The Morgan fingerprint density at radius 1 is 1.07 bits per heavy atom. The molecule has 0 aliphatic rings. The molecule has 2 rings (SSSR count). The Morgan fingerprint density at radius 3 is 2.11 bits per heavy atom. The van der Waals surface area contributed by atoms with Gasteiger partial charge in [0.15, 0.2) is 5.96 Å². The van der Waals surface area contributed by atoms with Crippen molar-refractivity contribution in [1.82, 2.24) is 10.2 Å². The van der Waals surface area contributed by atoms with Gasteiger partial charge in [-0.2, -0.15) is 13.2 Å². The van der Waals surface area contributed by atoms with E-state index in [2.05, 4.69) is 10.3 Å². The second kappa shape index (κ2) is 8.57. The molecule has 8 heteroatoms. The molecule has 144 valence electrons. The SMILES string of the molecule is CN=C(NCc1ccc(C(N)=O)cc1)N(C)Cc1ccc(C(F)(F)F)cc1. The monoisotopic (exact) mass is 378 g/mol. The summed E-state index contributed by atoms with van der Waals surface area (Å²) in [5, 5.41) is 3.17. The highest BCUT2D eigenvalue weighted by Crippen LogP contribution is 2.29. The van der Waals surface area contributed by atoms with Crippen LogP contribution < -0.4 is 11.1 Å². The summed E-state index contributed by atoms with van der Waals surface area (Å²) >= 11 is 0. The molecule has 3 N–H and O–H groups in total. The van der Waals surface area contributed by atoms with Crippen LogP contribution in [0.15, 0.2) is 53.5 Å². The van der Waals surface area contributed by atoms with Gasteiger partial charge in [0.1, 0.15) is 0 Å². The third-order valence-electron chi connectivity index (χ3n) is 3.96. The van der Waals surface area contributed by atoms with E-state index in [0.717, 1.165) is 23.3 Å². The Morgan fingerprint density at radius 2 is 1.63 bits per heavy atom. The molecule has 0 aliphatic carbocycles. The molecular formula is C19H21F3N4O. The molecule has 0 aromatic heterocycles. The molecule has 0 radical (unpaired) electrons. The van der Waals surface area contributed by atoms with E-state index in [9.17, 15) is 18.0 Å². The summed E-state index contributed by atoms with van der Waals surface area (Å²) in [6.07, 6.45) is -4.34. The predicted molar refractivity (Wildman–Crippen MR) is 98.1 cm³/mol. The standard InChI is InChI=1S/C19H21F3N4O/c1-24-18(25-11-13-3-7-15(8-4-13)17(23)27)26(2)12-14-5-9-16(10-6-14)19(20,21)22/h3-10H,11-12H2,1-2H3,(H2,23,27)(H,24,25). The lowest BCUT2D eigenvalue weighted by molar-refractivity contribution is -0.137. The van der Waals surface area contributed by atoms with Crippen molar-refractivity contribution in [2.24, 2.45) is 10.7 Å². The number of primary amides is 1. The number of nitrogens with zero attached hydrogens (tertiary/aromatic N) is 2. The molecule has 0 saturated carbocycles. The van der Waals surface area contributed by atoms with Crippen molar-refractivity contribution >= 4 is 11.9 Å². The molecule has 0 heterocycles. The van der Waals surface area contributed by atoms with E-state index in [1.54, 1.807) is 43.3 Å². The fourth-order valence-electron chi connectivity index (χ4n) is 2.50.